The molecule has 2 aromatic heterocycles. The van der Waals surface area contributed by atoms with Crippen molar-refractivity contribution in [3.63, 3.8) is 0 Å². The minimum Gasteiger partial charge on any atom is -0.461 e. The number of carbonyl (C=O) groups excluding carboxylic acids is 4. The lowest BCUT2D eigenvalue weighted by Crippen LogP contribution is -2.49. The first-order valence-electron chi connectivity index (χ1n) is 15.8. The zero-order valence-corrected chi connectivity index (χ0v) is 25.8. The SMILES string of the molecule is CO[C@]1(C)CCC(=O)C2(CC2)C2C(COC(=O)C3(CC3)C(=O)[C@H](C)C1)OC(=O)N2CCCCn1cnc(-c2cccnc2)c1. The van der Waals surface area contributed by atoms with Gasteiger partial charge in [-0.3, -0.25) is 19.4 Å². The molecule has 2 unspecified atom stereocenters. The van der Waals surface area contributed by atoms with Crippen molar-refractivity contribution in [1.29, 1.82) is 0 Å². The maximum absolute atomic E-state index is 13.9. The van der Waals surface area contributed by atoms with E-state index in [1.54, 1.807) is 30.7 Å². The minimum absolute atomic E-state index is 0.0708. The molecule has 4 atom stereocenters. The highest BCUT2D eigenvalue weighted by Gasteiger charge is 2.64. The lowest BCUT2D eigenvalue weighted by molar-refractivity contribution is -0.158. The number of amides is 1. The van der Waals surface area contributed by atoms with Crippen LogP contribution in [0.3, 0.4) is 0 Å². The van der Waals surface area contributed by atoms with Gasteiger partial charge in [0, 0.05) is 56.7 Å². The summed E-state index contributed by atoms with van der Waals surface area (Å²) in [5.74, 6) is -1.04. The Hall–Kier alpha value is -3.60. The first-order chi connectivity index (χ1) is 21.1. The molecule has 4 aliphatic rings. The van der Waals surface area contributed by atoms with E-state index < -0.39 is 46.6 Å². The third kappa shape index (κ3) is 5.66. The van der Waals surface area contributed by atoms with Gasteiger partial charge in [-0.1, -0.05) is 6.92 Å². The molecule has 1 amide bonds. The number of methoxy groups -OCH3 is 1. The number of esters is 1. The summed E-state index contributed by atoms with van der Waals surface area (Å²) in [5.41, 5.74) is -0.766. The Balaban J connectivity index is 1.17. The van der Waals surface area contributed by atoms with E-state index in [0.717, 1.165) is 24.2 Å². The van der Waals surface area contributed by atoms with Crippen LogP contribution in [-0.4, -0.2) is 81.1 Å². The Morgan fingerprint density at radius 1 is 1.07 bits per heavy atom. The van der Waals surface area contributed by atoms with Crippen molar-refractivity contribution in [1.82, 2.24) is 19.4 Å². The summed E-state index contributed by atoms with van der Waals surface area (Å²) in [4.78, 5) is 64.2. The second-order valence-electron chi connectivity index (χ2n) is 13.4. The van der Waals surface area contributed by atoms with Crippen molar-refractivity contribution in [2.24, 2.45) is 16.7 Å². The highest BCUT2D eigenvalue weighted by atomic mass is 16.6. The van der Waals surface area contributed by atoms with E-state index in [2.05, 4.69) is 9.97 Å². The Labute approximate surface area is 257 Å². The van der Waals surface area contributed by atoms with Crippen molar-refractivity contribution >= 4 is 23.6 Å². The van der Waals surface area contributed by atoms with Gasteiger partial charge in [0.05, 0.1) is 29.1 Å². The highest BCUT2D eigenvalue weighted by molar-refractivity contribution is 6.07. The second kappa shape index (κ2) is 11.7. The summed E-state index contributed by atoms with van der Waals surface area (Å²) in [7, 11) is 1.60. The molecule has 2 spiro atoms. The molecule has 11 nitrogen and oxygen atoms in total. The summed E-state index contributed by atoms with van der Waals surface area (Å²) in [6.45, 7) is 4.72. The molecule has 6 rings (SSSR count). The Morgan fingerprint density at radius 3 is 2.52 bits per heavy atom. The molecule has 2 saturated heterocycles. The number of fused-ring (bicyclic) bond motifs is 2. The van der Waals surface area contributed by atoms with Crippen molar-refractivity contribution in [2.45, 2.75) is 95.9 Å². The predicted octanol–water partition coefficient (Wildman–Crippen LogP) is 4.38. The van der Waals surface area contributed by atoms with E-state index in [1.807, 2.05) is 36.7 Å². The molecule has 0 N–H and O–H groups in total. The van der Waals surface area contributed by atoms with Gasteiger partial charge < -0.3 is 23.7 Å². The third-order valence-corrected chi connectivity index (χ3v) is 10.3. The molecule has 0 radical (unpaired) electrons. The first kappa shape index (κ1) is 30.4. The zero-order valence-electron chi connectivity index (χ0n) is 25.8. The van der Waals surface area contributed by atoms with Gasteiger partial charge in [-0.25, -0.2) is 9.78 Å². The van der Waals surface area contributed by atoms with E-state index in [4.69, 9.17) is 14.2 Å². The summed E-state index contributed by atoms with van der Waals surface area (Å²) in [6, 6.07) is 3.31. The summed E-state index contributed by atoms with van der Waals surface area (Å²) >= 11 is 0. The average molecular weight is 607 g/mol. The number of Topliss-reactive ketones (excluding diaryl/α,β-unsaturated/α-hetero) is 2. The van der Waals surface area contributed by atoms with Crippen molar-refractivity contribution in [3.05, 3.63) is 37.1 Å². The Bertz CT molecular complexity index is 1420. The monoisotopic (exact) mass is 606 g/mol. The summed E-state index contributed by atoms with van der Waals surface area (Å²) < 4.78 is 19.4. The molecule has 0 bridgehead atoms. The lowest BCUT2D eigenvalue weighted by Gasteiger charge is -2.35. The number of carbonyl (C=O) groups is 4. The lowest BCUT2D eigenvalue weighted by atomic mass is 9.79. The fraction of sp³-hybridized carbons (Fsp3) is 0.636. The van der Waals surface area contributed by atoms with E-state index in [9.17, 15) is 19.2 Å². The minimum atomic E-state index is -1.13. The first-order valence-corrected chi connectivity index (χ1v) is 15.8. The number of cyclic esters (lactones) is 1. The van der Waals surface area contributed by atoms with Crippen LogP contribution in [0.25, 0.3) is 11.3 Å². The molecule has 4 heterocycles. The van der Waals surface area contributed by atoms with E-state index >= 15 is 0 Å². The number of nitrogens with zero attached hydrogens (tertiary/aromatic N) is 4. The quantitative estimate of drug-likeness (QED) is 0.256. The Kier molecular flexibility index (Phi) is 8.11. The molecule has 11 heteroatoms. The largest absolute Gasteiger partial charge is 0.461 e. The van der Waals surface area contributed by atoms with Crippen molar-refractivity contribution < 1.29 is 33.4 Å². The van der Waals surface area contributed by atoms with Crippen LogP contribution in [0, 0.1) is 16.7 Å². The van der Waals surface area contributed by atoms with Gasteiger partial charge in [0.25, 0.3) is 0 Å². The maximum atomic E-state index is 13.9. The average Bonchev–Trinajstić information content (AvgIpc) is 3.94. The summed E-state index contributed by atoms with van der Waals surface area (Å²) in [6.07, 6.45) is 10.9. The third-order valence-electron chi connectivity index (χ3n) is 10.3. The number of hydrogen-bond acceptors (Lipinski definition) is 9. The zero-order chi connectivity index (χ0) is 31.1. The number of aromatic nitrogens is 3. The number of ether oxygens (including phenoxy) is 3. The fourth-order valence-electron chi connectivity index (χ4n) is 7.28. The van der Waals surface area contributed by atoms with Crippen LogP contribution >= 0.6 is 0 Å². The van der Waals surface area contributed by atoms with Crippen LogP contribution in [0.1, 0.15) is 71.6 Å². The number of ketones is 2. The topological polar surface area (TPSA) is 130 Å². The van der Waals surface area contributed by atoms with E-state index in [1.165, 1.54) is 0 Å². The van der Waals surface area contributed by atoms with Gasteiger partial charge in [0.2, 0.25) is 0 Å². The van der Waals surface area contributed by atoms with Gasteiger partial charge in [0.1, 0.15) is 17.8 Å². The molecule has 2 aliphatic heterocycles. The highest BCUT2D eigenvalue weighted by Crippen LogP contribution is 2.56. The van der Waals surface area contributed by atoms with Crippen LogP contribution in [0.15, 0.2) is 37.1 Å². The molecule has 0 aromatic carbocycles. The van der Waals surface area contributed by atoms with Crippen molar-refractivity contribution in [2.75, 3.05) is 20.3 Å². The van der Waals surface area contributed by atoms with Gasteiger partial charge in [-0.05, 0) is 70.4 Å². The molecule has 2 aromatic rings. The number of hydrogen-bond donors (Lipinski definition) is 0. The van der Waals surface area contributed by atoms with E-state index in [0.29, 0.717) is 51.5 Å². The predicted molar refractivity (Wildman–Crippen MR) is 158 cm³/mol. The standard InChI is InChI=1S/C33H42N4O7/c1-22-17-31(2,42-3)9-8-26(38)32(10-11-32)27-25(20-43-29(40)33(12-13-33)28(22)39)44-30(41)37(27)16-5-4-15-36-19-24(35-21-36)23-7-6-14-34-18-23/h6-7,14,18-19,21-22,25,27H,4-5,8-13,15-17,20H2,1-3H3/t22-,25?,27?,31-/m1/s1. The normalized spacial score (nSPS) is 29.7. The van der Waals surface area contributed by atoms with Gasteiger partial charge in [-0.2, -0.15) is 0 Å². The molecule has 4 fully saturated rings. The van der Waals surface area contributed by atoms with Gasteiger partial charge >= 0.3 is 12.1 Å². The number of aryl methyl sites for hydroxylation is 1. The number of pyridine rings is 1. The second-order valence-corrected chi connectivity index (χ2v) is 13.4. The van der Waals surface area contributed by atoms with Gasteiger partial charge in [0.15, 0.2) is 11.9 Å². The molecular weight excluding hydrogens is 564 g/mol. The number of unbranched alkanes of at least 4 members (excludes halogenated alkanes) is 1. The van der Waals surface area contributed by atoms with Crippen LogP contribution < -0.4 is 0 Å². The maximum Gasteiger partial charge on any atom is 0.410 e. The van der Waals surface area contributed by atoms with Crippen LogP contribution in [-0.2, 0) is 35.1 Å². The summed E-state index contributed by atoms with van der Waals surface area (Å²) in [5, 5.41) is 0. The molecule has 236 valence electrons. The van der Waals surface area contributed by atoms with Gasteiger partial charge in [-0.15, -0.1) is 0 Å². The van der Waals surface area contributed by atoms with Crippen LogP contribution in [0.4, 0.5) is 4.79 Å². The van der Waals surface area contributed by atoms with Crippen molar-refractivity contribution in [3.8, 4) is 11.3 Å². The molecule has 2 saturated carbocycles. The smallest absolute Gasteiger partial charge is 0.410 e. The number of rotatable bonds is 7. The molecule has 44 heavy (non-hydrogen) atoms. The van der Waals surface area contributed by atoms with Crippen LogP contribution in [0.2, 0.25) is 0 Å². The molecular formula is C33H42N4O7. The van der Waals surface area contributed by atoms with Crippen LogP contribution in [0.5, 0.6) is 0 Å². The number of imidazole rings is 1. The molecule has 2 aliphatic carbocycles. The Morgan fingerprint density at radius 2 is 1.84 bits per heavy atom. The van der Waals surface area contributed by atoms with E-state index in [-0.39, 0.29) is 24.6 Å². The fourth-order valence-corrected chi connectivity index (χ4v) is 7.28.